The lowest BCUT2D eigenvalue weighted by Crippen LogP contribution is -2.45. The van der Waals surface area contributed by atoms with Crippen LogP contribution in [-0.2, 0) is 10.4 Å². The molecule has 0 aromatic carbocycles. The number of rotatable bonds is 2. The molecule has 1 aromatic heterocycles. The first-order valence-corrected chi connectivity index (χ1v) is 5.41. The normalized spacial score (nSPS) is 19.7. The van der Waals surface area contributed by atoms with Crippen molar-refractivity contribution in [1.29, 1.82) is 0 Å². The Kier molecular flexibility index (Phi) is 2.50. The van der Waals surface area contributed by atoms with E-state index in [1.54, 1.807) is 0 Å². The average Bonchev–Trinajstić information content (AvgIpc) is 2.13. The Morgan fingerprint density at radius 2 is 2.13 bits per heavy atom. The number of hydrogen-bond donors (Lipinski definition) is 1. The Morgan fingerprint density at radius 3 is 2.60 bits per heavy atom. The summed E-state index contributed by atoms with van der Waals surface area (Å²) in [5.74, 6) is 0.311. The maximum atomic E-state index is 12.9. The van der Waals surface area contributed by atoms with Gasteiger partial charge in [-0.3, -0.25) is 0 Å². The lowest BCUT2D eigenvalue weighted by molar-refractivity contribution is 0.107. The fourth-order valence-corrected chi connectivity index (χ4v) is 1.76. The van der Waals surface area contributed by atoms with E-state index in [-0.39, 0.29) is 5.69 Å². The van der Waals surface area contributed by atoms with E-state index in [1.165, 1.54) is 12.3 Å². The smallest absolute Gasteiger partial charge is 0.319 e. The maximum absolute atomic E-state index is 12.9. The van der Waals surface area contributed by atoms with E-state index < -0.39 is 10.4 Å². The fraction of sp³-hybridized carbons (Fsp3) is 0.556. The third-order valence-corrected chi connectivity index (χ3v) is 3.04. The van der Waals surface area contributed by atoms with Crippen LogP contribution in [0.25, 0.3) is 0 Å². The second kappa shape index (κ2) is 3.45. The molecule has 1 fully saturated rings. The van der Waals surface area contributed by atoms with Crippen LogP contribution in [0.15, 0.2) is 12.3 Å². The number of nitrogens with two attached hydrogens (primary N) is 1. The minimum atomic E-state index is -3.12. The van der Waals surface area contributed by atoms with E-state index in [9.17, 15) is 8.78 Å². The highest BCUT2D eigenvalue weighted by molar-refractivity contribution is 9.09. The van der Waals surface area contributed by atoms with Crippen molar-refractivity contribution >= 4 is 15.9 Å². The van der Waals surface area contributed by atoms with Crippen LogP contribution in [0, 0.1) is 0 Å². The van der Waals surface area contributed by atoms with E-state index in [0.29, 0.717) is 5.82 Å². The van der Waals surface area contributed by atoms with Gasteiger partial charge >= 0.3 is 4.83 Å². The summed E-state index contributed by atoms with van der Waals surface area (Å²) < 4.78 is 25.9. The molecule has 0 aliphatic heterocycles. The third kappa shape index (κ3) is 2.01. The monoisotopic (exact) mass is 277 g/mol. The van der Waals surface area contributed by atoms with Crippen LogP contribution in [0.2, 0.25) is 0 Å². The van der Waals surface area contributed by atoms with Crippen molar-refractivity contribution in [3.05, 3.63) is 23.8 Å². The molecule has 0 bridgehead atoms. The van der Waals surface area contributed by atoms with Crippen molar-refractivity contribution in [2.75, 3.05) is 0 Å². The van der Waals surface area contributed by atoms with Gasteiger partial charge in [-0.25, -0.2) is 9.97 Å². The first-order chi connectivity index (χ1) is 6.92. The average molecular weight is 278 g/mol. The summed E-state index contributed by atoms with van der Waals surface area (Å²) in [5, 5.41) is 0. The van der Waals surface area contributed by atoms with Crippen molar-refractivity contribution in [3.8, 4) is 0 Å². The van der Waals surface area contributed by atoms with Crippen molar-refractivity contribution < 1.29 is 8.78 Å². The lowest BCUT2D eigenvalue weighted by atomic mass is 9.77. The van der Waals surface area contributed by atoms with Crippen LogP contribution in [-0.4, -0.2) is 9.97 Å². The summed E-state index contributed by atoms with van der Waals surface area (Å²) in [6.07, 6.45) is 3.82. The van der Waals surface area contributed by atoms with Crippen molar-refractivity contribution in [2.24, 2.45) is 5.73 Å². The van der Waals surface area contributed by atoms with E-state index >= 15 is 0 Å². The predicted octanol–water partition coefficient (Wildman–Crippen LogP) is 2.26. The van der Waals surface area contributed by atoms with E-state index in [1.807, 2.05) is 0 Å². The molecule has 6 heteroatoms. The molecule has 1 aromatic rings. The molecule has 3 nitrogen and oxygen atoms in total. The first kappa shape index (κ1) is 10.9. The molecule has 0 amide bonds. The Bertz CT molecular complexity index is 374. The number of hydrogen-bond acceptors (Lipinski definition) is 3. The minimum absolute atomic E-state index is 0.311. The van der Waals surface area contributed by atoms with Crippen LogP contribution in [0.4, 0.5) is 8.78 Å². The Hall–Kier alpha value is -0.620. The molecule has 0 saturated heterocycles. The van der Waals surface area contributed by atoms with Gasteiger partial charge in [-0.15, -0.1) is 0 Å². The summed E-state index contributed by atoms with van der Waals surface area (Å²) in [6, 6.07) is 1.18. The topological polar surface area (TPSA) is 51.8 Å². The highest BCUT2D eigenvalue weighted by Crippen LogP contribution is 2.38. The van der Waals surface area contributed by atoms with Crippen LogP contribution >= 0.6 is 15.9 Å². The van der Waals surface area contributed by atoms with Crippen molar-refractivity contribution in [2.45, 2.75) is 29.6 Å². The molecule has 15 heavy (non-hydrogen) atoms. The maximum Gasteiger partial charge on any atom is 0.343 e. The number of aromatic nitrogens is 2. The van der Waals surface area contributed by atoms with Crippen LogP contribution in [0.1, 0.15) is 30.8 Å². The van der Waals surface area contributed by atoms with E-state index in [2.05, 4.69) is 25.9 Å². The first-order valence-electron chi connectivity index (χ1n) is 4.61. The largest absolute Gasteiger partial charge is 0.343 e. The lowest BCUT2D eigenvalue weighted by Gasteiger charge is -2.36. The summed E-state index contributed by atoms with van der Waals surface area (Å²) in [7, 11) is 0. The molecule has 1 aliphatic carbocycles. The molecular weight excluding hydrogens is 268 g/mol. The van der Waals surface area contributed by atoms with Crippen molar-refractivity contribution in [1.82, 2.24) is 9.97 Å². The number of nitrogens with zero attached hydrogens (tertiary/aromatic N) is 2. The van der Waals surface area contributed by atoms with Gasteiger partial charge in [-0.05, 0) is 41.3 Å². The quantitative estimate of drug-likeness (QED) is 0.844. The van der Waals surface area contributed by atoms with Gasteiger partial charge < -0.3 is 5.73 Å². The summed E-state index contributed by atoms with van der Waals surface area (Å²) in [4.78, 5) is 4.64. The van der Waals surface area contributed by atoms with E-state index in [0.717, 1.165) is 19.3 Å². The van der Waals surface area contributed by atoms with Gasteiger partial charge in [-0.2, -0.15) is 8.78 Å². The zero-order chi connectivity index (χ0) is 11.1. The Balaban J connectivity index is 2.35. The summed E-state index contributed by atoms with van der Waals surface area (Å²) in [6.45, 7) is 0. The minimum Gasteiger partial charge on any atom is -0.319 e. The van der Waals surface area contributed by atoms with E-state index in [4.69, 9.17) is 5.73 Å². The molecule has 2 rings (SSSR count). The molecule has 0 unspecified atom stereocenters. The third-order valence-electron chi connectivity index (χ3n) is 2.64. The van der Waals surface area contributed by atoms with Crippen molar-refractivity contribution in [3.63, 3.8) is 0 Å². The van der Waals surface area contributed by atoms with Gasteiger partial charge in [0.2, 0.25) is 0 Å². The molecule has 82 valence electrons. The summed E-state index contributed by atoms with van der Waals surface area (Å²) in [5.41, 5.74) is 5.00. The van der Waals surface area contributed by atoms with Gasteiger partial charge in [0.05, 0.1) is 5.54 Å². The van der Waals surface area contributed by atoms with Gasteiger partial charge in [0.25, 0.3) is 0 Å². The molecule has 1 aliphatic rings. The standard InChI is InChI=1S/C9H10BrF2N3/c10-9(11,12)6-2-5-14-7(15-6)8(13)3-1-4-8/h2,5H,1,3-4,13H2. The van der Waals surface area contributed by atoms with Gasteiger partial charge in [0.1, 0.15) is 11.5 Å². The zero-order valence-corrected chi connectivity index (χ0v) is 9.47. The van der Waals surface area contributed by atoms with Crippen LogP contribution in [0.3, 0.4) is 0 Å². The SMILES string of the molecule is NC1(c2nccc(C(F)(F)Br)n2)CCC1. The Morgan fingerprint density at radius 1 is 1.47 bits per heavy atom. The van der Waals surface area contributed by atoms with Crippen LogP contribution in [0.5, 0.6) is 0 Å². The zero-order valence-electron chi connectivity index (χ0n) is 7.88. The Labute approximate surface area is 94.2 Å². The van der Waals surface area contributed by atoms with Gasteiger partial charge in [0.15, 0.2) is 0 Å². The molecule has 0 spiro atoms. The summed E-state index contributed by atoms with van der Waals surface area (Å²) >= 11 is 2.26. The molecule has 0 atom stereocenters. The predicted molar refractivity (Wildman–Crippen MR) is 54.6 cm³/mol. The van der Waals surface area contributed by atoms with Crippen LogP contribution < -0.4 is 5.73 Å². The second-order valence-corrected chi connectivity index (χ2v) is 4.77. The van der Waals surface area contributed by atoms with Gasteiger partial charge in [0, 0.05) is 6.20 Å². The fourth-order valence-electron chi connectivity index (χ4n) is 1.54. The number of alkyl halides is 3. The second-order valence-electron chi connectivity index (χ2n) is 3.77. The highest BCUT2D eigenvalue weighted by atomic mass is 79.9. The number of halogens is 3. The molecule has 1 saturated carbocycles. The molecule has 0 radical (unpaired) electrons. The molecule has 1 heterocycles. The van der Waals surface area contributed by atoms with Gasteiger partial charge in [-0.1, -0.05) is 0 Å². The highest BCUT2D eigenvalue weighted by Gasteiger charge is 2.39. The molecule has 2 N–H and O–H groups in total. The molecular formula is C9H10BrF2N3.